The number of amides is 1. The van der Waals surface area contributed by atoms with Crippen LogP contribution in [-0.2, 0) is 18.0 Å². The van der Waals surface area contributed by atoms with Gasteiger partial charge in [0, 0.05) is 61.7 Å². The van der Waals surface area contributed by atoms with Gasteiger partial charge in [-0.3, -0.25) is 4.68 Å². The predicted octanol–water partition coefficient (Wildman–Crippen LogP) is 5.70. The molecular weight excluding hydrogens is 572 g/mol. The van der Waals surface area contributed by atoms with Crippen molar-refractivity contribution in [1.82, 2.24) is 29.6 Å². The Morgan fingerprint density at radius 3 is 2.67 bits per heavy atom. The molecule has 1 amide bonds. The lowest BCUT2D eigenvalue weighted by Crippen LogP contribution is -2.50. The number of carboxylic acid groups (broad SMARTS) is 1. The summed E-state index contributed by atoms with van der Waals surface area (Å²) in [6.45, 7) is 8.16. The van der Waals surface area contributed by atoms with Crippen LogP contribution >= 0.6 is 11.6 Å². The van der Waals surface area contributed by atoms with Gasteiger partial charge in [0.2, 0.25) is 0 Å². The van der Waals surface area contributed by atoms with Crippen LogP contribution in [0.5, 0.6) is 0 Å². The zero-order chi connectivity index (χ0) is 29.6. The van der Waals surface area contributed by atoms with Crippen LogP contribution < -0.4 is 10.2 Å². The summed E-state index contributed by atoms with van der Waals surface area (Å²) in [4.78, 5) is 23.7. The second-order valence-electron chi connectivity index (χ2n) is 12.5. The molecule has 0 unspecified atom stereocenters. The molecule has 5 heterocycles. The van der Waals surface area contributed by atoms with E-state index in [2.05, 4.69) is 41.0 Å². The summed E-state index contributed by atoms with van der Waals surface area (Å²) >= 11 is 6.95. The first kappa shape index (κ1) is 28.5. The molecule has 42 heavy (non-hydrogen) atoms. The number of carbonyl (C=O) groups is 1. The van der Waals surface area contributed by atoms with E-state index < -0.39 is 14.2 Å². The van der Waals surface area contributed by atoms with Crippen molar-refractivity contribution in [3.63, 3.8) is 0 Å². The maximum absolute atomic E-state index is 11.3. The number of hydrogen-bond donors (Lipinski definition) is 2. The molecule has 0 saturated carbocycles. The van der Waals surface area contributed by atoms with Crippen molar-refractivity contribution in [2.45, 2.75) is 82.8 Å². The second kappa shape index (κ2) is 11.2. The number of hydrogen-bond acceptors (Lipinski definition) is 7. The summed E-state index contributed by atoms with van der Waals surface area (Å²) in [5.41, 5.74) is 3.84. The molecule has 2 aliphatic rings. The van der Waals surface area contributed by atoms with Gasteiger partial charge in [0.1, 0.15) is 24.6 Å². The zero-order valence-corrected chi connectivity index (χ0v) is 25.8. The molecule has 2 N–H and O–H groups in total. The molecule has 0 radical (unpaired) electrons. The molecule has 4 aromatic rings. The Balaban J connectivity index is 1.37. The van der Waals surface area contributed by atoms with Gasteiger partial charge in [-0.1, -0.05) is 37.3 Å². The Bertz CT molecular complexity index is 1680. The number of benzene rings is 1. The van der Waals surface area contributed by atoms with Crippen LogP contribution in [0.15, 0.2) is 30.7 Å². The van der Waals surface area contributed by atoms with Crippen LogP contribution in [0, 0.1) is 11.3 Å². The molecule has 2 saturated heterocycles. The van der Waals surface area contributed by atoms with E-state index in [-0.39, 0.29) is 24.7 Å². The van der Waals surface area contributed by atoms with Crippen LogP contribution in [0.1, 0.15) is 25.7 Å². The summed E-state index contributed by atoms with van der Waals surface area (Å²) in [5, 5.41) is 26.8. The minimum atomic E-state index is -1.25. The molecule has 0 spiro atoms. The first-order valence-corrected chi connectivity index (χ1v) is 18.4. The van der Waals surface area contributed by atoms with Crippen molar-refractivity contribution in [2.75, 3.05) is 11.5 Å². The molecule has 6 rings (SSSR count). The van der Waals surface area contributed by atoms with Crippen LogP contribution in [-0.4, -0.2) is 68.3 Å². The van der Waals surface area contributed by atoms with Gasteiger partial charge in [-0.2, -0.15) is 10.4 Å². The number of ether oxygens (including phenoxy) is 1. The average molecular weight is 607 g/mol. The average Bonchev–Trinajstić information content (AvgIpc) is 3.58. The molecule has 11 nitrogen and oxygen atoms in total. The van der Waals surface area contributed by atoms with Gasteiger partial charge in [0.15, 0.2) is 5.65 Å². The number of nitrogens with one attached hydrogen (secondary N) is 1. The number of anilines is 1. The fourth-order valence-corrected chi connectivity index (χ4v) is 7.38. The first-order valence-electron chi connectivity index (χ1n) is 14.4. The monoisotopic (exact) mass is 606 g/mol. The third kappa shape index (κ3) is 5.56. The highest BCUT2D eigenvalue weighted by Gasteiger charge is 2.42. The molecule has 2 aliphatic heterocycles. The molecule has 0 aliphatic carbocycles. The minimum absolute atomic E-state index is 0.0438. The fraction of sp³-hybridized carbons (Fsp3) is 0.483. The highest BCUT2D eigenvalue weighted by Crippen LogP contribution is 2.41. The predicted molar refractivity (Wildman–Crippen MR) is 164 cm³/mol. The fourth-order valence-electron chi connectivity index (χ4n) is 6.31. The van der Waals surface area contributed by atoms with Crippen molar-refractivity contribution >= 4 is 53.7 Å². The maximum atomic E-state index is 11.3. The third-order valence-electron chi connectivity index (χ3n) is 8.30. The van der Waals surface area contributed by atoms with E-state index in [9.17, 15) is 9.90 Å². The van der Waals surface area contributed by atoms with E-state index >= 15 is 0 Å². The number of fused-ring (bicyclic) bond motifs is 4. The van der Waals surface area contributed by atoms with Crippen molar-refractivity contribution in [1.29, 1.82) is 5.26 Å². The maximum Gasteiger partial charge on any atom is 0.404 e. The van der Waals surface area contributed by atoms with Crippen molar-refractivity contribution < 1.29 is 14.6 Å². The topological polar surface area (TPSA) is 134 Å². The zero-order valence-electron chi connectivity index (χ0n) is 24.0. The normalized spacial score (nSPS) is 20.4. The molecule has 2 fully saturated rings. The number of rotatable bonds is 9. The van der Waals surface area contributed by atoms with Crippen molar-refractivity contribution in [3.05, 3.63) is 35.7 Å². The number of piperidine rings is 1. The smallest absolute Gasteiger partial charge is 0.404 e. The lowest BCUT2D eigenvalue weighted by molar-refractivity contribution is 0.0899. The Kier molecular flexibility index (Phi) is 7.59. The van der Waals surface area contributed by atoms with Crippen LogP contribution in [0.3, 0.4) is 0 Å². The van der Waals surface area contributed by atoms with E-state index in [1.54, 1.807) is 10.9 Å². The quantitative estimate of drug-likeness (QED) is 0.183. The van der Waals surface area contributed by atoms with E-state index in [1.807, 2.05) is 29.1 Å². The Labute approximate surface area is 250 Å². The number of aromatic nitrogens is 5. The molecular formula is C29H35ClN8O3Si. The summed E-state index contributed by atoms with van der Waals surface area (Å²) in [7, 11) is -1.25. The standard InChI is InChI=1S/C29H35ClN8O3Si/c1-42(2,3)11-10-41-17-36-15-22(21-6-7-24-23(26(21)30)16-37(35-24)9-8-31)27-28(36)34-25(14-32-27)38-19-4-5-20(38)13-18(12-19)33-29(39)40/h6-7,14-16,18-20,33H,4-5,9-13,17H2,1-3H3,(H,39,40)/t18-,19+,20-. The SMILES string of the molecule is C[Si](C)(C)CCOCn1cc(-c2ccc3nn(CC#N)cc3c2Cl)c2ncc(N3[C@@H]4CC[C@H]3C[C@@H](NC(=O)O)C4)nc21. The number of nitriles is 1. The Hall–Kier alpha value is -3.66. The summed E-state index contributed by atoms with van der Waals surface area (Å²) < 4.78 is 9.74. The van der Waals surface area contributed by atoms with E-state index in [4.69, 9.17) is 31.6 Å². The molecule has 220 valence electrons. The van der Waals surface area contributed by atoms with Crippen LogP contribution in [0.4, 0.5) is 10.6 Å². The number of nitrogens with zero attached hydrogens (tertiary/aromatic N) is 7. The van der Waals surface area contributed by atoms with Gasteiger partial charge >= 0.3 is 6.09 Å². The van der Waals surface area contributed by atoms with Crippen molar-refractivity contribution in [2.24, 2.45) is 0 Å². The van der Waals surface area contributed by atoms with Gasteiger partial charge in [0.05, 0.1) is 22.8 Å². The van der Waals surface area contributed by atoms with Gasteiger partial charge in [-0.05, 0) is 37.8 Å². The van der Waals surface area contributed by atoms with E-state index in [1.165, 1.54) is 0 Å². The lowest BCUT2D eigenvalue weighted by atomic mass is 9.97. The number of halogens is 1. The van der Waals surface area contributed by atoms with Gasteiger partial charge in [-0.25, -0.2) is 14.8 Å². The van der Waals surface area contributed by atoms with Crippen LogP contribution in [0.25, 0.3) is 33.2 Å². The lowest BCUT2D eigenvalue weighted by Gasteiger charge is -2.39. The second-order valence-corrected chi connectivity index (χ2v) is 18.5. The van der Waals surface area contributed by atoms with Crippen molar-refractivity contribution in [3.8, 4) is 17.2 Å². The molecule has 3 atom stereocenters. The Morgan fingerprint density at radius 2 is 1.98 bits per heavy atom. The van der Waals surface area contributed by atoms with Gasteiger partial charge in [0.25, 0.3) is 0 Å². The highest BCUT2D eigenvalue weighted by atomic mass is 35.5. The summed E-state index contributed by atoms with van der Waals surface area (Å²) in [5.74, 6) is 0.802. The minimum Gasteiger partial charge on any atom is -0.465 e. The van der Waals surface area contributed by atoms with E-state index in [0.29, 0.717) is 18.4 Å². The largest absolute Gasteiger partial charge is 0.465 e. The Morgan fingerprint density at radius 1 is 1.21 bits per heavy atom. The molecule has 13 heteroatoms. The molecule has 2 bridgehead atoms. The molecule has 1 aromatic carbocycles. The third-order valence-corrected chi connectivity index (χ3v) is 10.4. The first-order chi connectivity index (χ1) is 20.1. The van der Waals surface area contributed by atoms with Gasteiger partial charge < -0.3 is 24.6 Å². The van der Waals surface area contributed by atoms with E-state index in [0.717, 1.165) is 70.7 Å². The van der Waals surface area contributed by atoms with Gasteiger partial charge in [-0.15, -0.1) is 0 Å². The van der Waals surface area contributed by atoms with Crippen LogP contribution in [0.2, 0.25) is 30.7 Å². The highest BCUT2D eigenvalue weighted by molar-refractivity contribution is 6.76. The summed E-state index contributed by atoms with van der Waals surface area (Å²) in [6.07, 6.45) is 8.18. The summed E-state index contributed by atoms with van der Waals surface area (Å²) in [6, 6.07) is 7.41. The molecule has 3 aromatic heterocycles.